The number of nitrogens with one attached hydrogen (secondary N) is 1. The summed E-state index contributed by atoms with van der Waals surface area (Å²) in [6.07, 6.45) is 1.44. The molecule has 1 saturated heterocycles. The third-order valence-electron chi connectivity index (χ3n) is 6.53. The van der Waals surface area contributed by atoms with Crippen molar-refractivity contribution in [2.75, 3.05) is 18.4 Å². The second kappa shape index (κ2) is 10.7. The smallest absolute Gasteiger partial charge is 0.241 e. The molecule has 0 radical (unpaired) electrons. The molecule has 0 unspecified atom stereocenters. The van der Waals surface area contributed by atoms with Crippen LogP contribution in [0, 0.1) is 12.8 Å². The van der Waals surface area contributed by atoms with E-state index in [4.69, 9.17) is 4.52 Å². The van der Waals surface area contributed by atoms with E-state index in [9.17, 15) is 9.59 Å². The molecule has 5 rings (SSSR count). The van der Waals surface area contributed by atoms with Gasteiger partial charge in [-0.1, -0.05) is 71.4 Å². The van der Waals surface area contributed by atoms with Crippen LogP contribution < -0.4 is 5.32 Å². The number of anilines is 1. The van der Waals surface area contributed by atoms with Crippen molar-refractivity contribution in [1.82, 2.24) is 15.0 Å². The summed E-state index contributed by atoms with van der Waals surface area (Å²) >= 11 is 0. The number of likely N-dealkylation sites (tertiary alicyclic amines) is 1. The molecule has 182 valence electrons. The summed E-state index contributed by atoms with van der Waals surface area (Å²) in [5, 5.41) is 7.13. The van der Waals surface area contributed by atoms with Gasteiger partial charge in [-0.2, -0.15) is 4.98 Å². The summed E-state index contributed by atoms with van der Waals surface area (Å²) in [6.45, 7) is 4.10. The van der Waals surface area contributed by atoms with Gasteiger partial charge in [-0.15, -0.1) is 0 Å². The van der Waals surface area contributed by atoms with E-state index in [1.807, 2.05) is 61.5 Å². The average Bonchev–Trinajstić information content (AvgIpc) is 3.38. The van der Waals surface area contributed by atoms with Crippen LogP contribution in [0.15, 0.2) is 83.4 Å². The molecule has 1 aliphatic heterocycles. The molecule has 36 heavy (non-hydrogen) atoms. The number of rotatable bonds is 7. The van der Waals surface area contributed by atoms with Crippen LogP contribution in [0.4, 0.5) is 5.69 Å². The highest BCUT2D eigenvalue weighted by atomic mass is 16.5. The number of hydrogen-bond donors (Lipinski definition) is 1. The molecule has 1 aromatic heterocycles. The summed E-state index contributed by atoms with van der Waals surface area (Å²) < 4.78 is 5.47. The Morgan fingerprint density at radius 2 is 1.72 bits per heavy atom. The van der Waals surface area contributed by atoms with Gasteiger partial charge in [0.25, 0.3) is 0 Å². The molecule has 4 aromatic rings. The number of aromatic nitrogens is 2. The van der Waals surface area contributed by atoms with E-state index in [2.05, 4.69) is 20.4 Å². The SMILES string of the molecule is Cc1cccc(-c2noc(CN3CCC(C(=O)Nc4ccccc4C(=O)c4ccccc4)CC3)n2)c1. The fraction of sp³-hybridized carbons (Fsp3) is 0.241. The molecule has 1 fully saturated rings. The van der Waals surface area contributed by atoms with Crippen LogP contribution in [0.3, 0.4) is 0 Å². The minimum atomic E-state index is -0.119. The van der Waals surface area contributed by atoms with Crippen molar-refractivity contribution in [2.45, 2.75) is 26.3 Å². The molecule has 7 nitrogen and oxygen atoms in total. The highest BCUT2D eigenvalue weighted by Crippen LogP contribution is 2.24. The number of para-hydroxylation sites is 1. The maximum atomic E-state index is 13.0. The summed E-state index contributed by atoms with van der Waals surface area (Å²) in [4.78, 5) is 32.8. The summed E-state index contributed by atoms with van der Waals surface area (Å²) in [5.41, 5.74) is 3.72. The molecular formula is C29H28N4O3. The summed E-state index contributed by atoms with van der Waals surface area (Å²) in [6, 6.07) is 24.3. The van der Waals surface area contributed by atoms with Gasteiger partial charge in [0.1, 0.15) is 0 Å². The van der Waals surface area contributed by atoms with Gasteiger partial charge in [-0.25, -0.2) is 0 Å². The van der Waals surface area contributed by atoms with Crippen molar-refractivity contribution in [3.63, 3.8) is 0 Å². The summed E-state index contributed by atoms with van der Waals surface area (Å²) in [5.74, 6) is 0.884. The van der Waals surface area contributed by atoms with Crippen LogP contribution in [0.2, 0.25) is 0 Å². The molecule has 7 heteroatoms. The molecule has 0 bridgehead atoms. The Morgan fingerprint density at radius 3 is 2.50 bits per heavy atom. The Bertz CT molecular complexity index is 1360. The first-order valence-corrected chi connectivity index (χ1v) is 12.2. The van der Waals surface area contributed by atoms with Crippen LogP contribution in [0.25, 0.3) is 11.4 Å². The van der Waals surface area contributed by atoms with Gasteiger partial charge in [-0.05, 0) is 51.1 Å². The lowest BCUT2D eigenvalue weighted by Crippen LogP contribution is -2.38. The number of nitrogens with zero attached hydrogens (tertiary/aromatic N) is 3. The zero-order chi connectivity index (χ0) is 24.9. The van der Waals surface area contributed by atoms with Gasteiger partial charge < -0.3 is 9.84 Å². The highest BCUT2D eigenvalue weighted by molar-refractivity contribution is 6.13. The minimum Gasteiger partial charge on any atom is -0.338 e. The maximum absolute atomic E-state index is 13.0. The normalized spacial score (nSPS) is 14.5. The molecule has 1 N–H and O–H groups in total. The van der Waals surface area contributed by atoms with Crippen molar-refractivity contribution in [3.8, 4) is 11.4 Å². The van der Waals surface area contributed by atoms with E-state index in [1.165, 1.54) is 0 Å². The first-order valence-electron chi connectivity index (χ1n) is 12.2. The molecule has 0 aliphatic carbocycles. The van der Waals surface area contributed by atoms with Crippen molar-refractivity contribution in [2.24, 2.45) is 5.92 Å². The lowest BCUT2D eigenvalue weighted by Gasteiger charge is -2.30. The largest absolute Gasteiger partial charge is 0.338 e. The third kappa shape index (κ3) is 5.42. The molecular weight excluding hydrogens is 452 g/mol. The van der Waals surface area contributed by atoms with Crippen molar-refractivity contribution >= 4 is 17.4 Å². The van der Waals surface area contributed by atoms with Crippen LogP contribution >= 0.6 is 0 Å². The molecule has 3 aromatic carbocycles. The average molecular weight is 481 g/mol. The Morgan fingerprint density at radius 1 is 0.972 bits per heavy atom. The number of hydrogen-bond acceptors (Lipinski definition) is 6. The van der Waals surface area contributed by atoms with E-state index in [0.29, 0.717) is 35.1 Å². The second-order valence-corrected chi connectivity index (χ2v) is 9.16. The lowest BCUT2D eigenvalue weighted by molar-refractivity contribution is -0.121. The lowest BCUT2D eigenvalue weighted by atomic mass is 9.95. The zero-order valence-electron chi connectivity index (χ0n) is 20.2. The second-order valence-electron chi connectivity index (χ2n) is 9.16. The predicted molar refractivity (Wildman–Crippen MR) is 137 cm³/mol. The number of benzene rings is 3. The van der Waals surface area contributed by atoms with Crippen molar-refractivity contribution < 1.29 is 14.1 Å². The first-order chi connectivity index (χ1) is 17.6. The number of piperidine rings is 1. The number of carbonyl (C=O) groups is 2. The quantitative estimate of drug-likeness (QED) is 0.369. The molecule has 1 aliphatic rings. The Kier molecular flexibility index (Phi) is 7.00. The van der Waals surface area contributed by atoms with Crippen LogP contribution in [0.5, 0.6) is 0 Å². The predicted octanol–water partition coefficient (Wildman–Crippen LogP) is 5.13. The minimum absolute atomic E-state index is 0.0533. The summed E-state index contributed by atoms with van der Waals surface area (Å²) in [7, 11) is 0. The van der Waals surface area contributed by atoms with E-state index in [-0.39, 0.29) is 17.6 Å². The van der Waals surface area contributed by atoms with Crippen LogP contribution in [-0.2, 0) is 11.3 Å². The molecule has 1 amide bonds. The van der Waals surface area contributed by atoms with Crippen LogP contribution in [-0.4, -0.2) is 39.8 Å². The Balaban J connectivity index is 1.17. The third-order valence-corrected chi connectivity index (χ3v) is 6.53. The van der Waals surface area contributed by atoms with Crippen molar-refractivity contribution in [1.29, 1.82) is 0 Å². The fourth-order valence-corrected chi connectivity index (χ4v) is 4.53. The zero-order valence-corrected chi connectivity index (χ0v) is 20.2. The van der Waals surface area contributed by atoms with E-state index in [0.717, 1.165) is 37.1 Å². The standard InChI is InChI=1S/C29H28N4O3/c1-20-8-7-11-23(18-20)28-31-26(36-32-28)19-33-16-14-22(15-17-33)29(35)30-25-13-6-5-12-24(25)27(34)21-9-3-2-4-10-21/h2-13,18,22H,14-17,19H2,1H3,(H,30,35). The van der Waals surface area contributed by atoms with Gasteiger partial charge in [0.15, 0.2) is 5.78 Å². The number of aryl methyl sites for hydroxylation is 1. The van der Waals surface area contributed by atoms with Gasteiger partial charge in [0.05, 0.1) is 12.2 Å². The molecule has 0 saturated carbocycles. The topological polar surface area (TPSA) is 88.3 Å². The van der Waals surface area contributed by atoms with Gasteiger partial charge in [0.2, 0.25) is 17.6 Å². The van der Waals surface area contributed by atoms with E-state index < -0.39 is 0 Å². The van der Waals surface area contributed by atoms with Crippen LogP contribution in [0.1, 0.15) is 40.2 Å². The molecule has 2 heterocycles. The molecule has 0 spiro atoms. The Hall–Kier alpha value is -4.10. The Labute approximate surface area is 210 Å². The first kappa shape index (κ1) is 23.6. The van der Waals surface area contributed by atoms with Crippen molar-refractivity contribution in [3.05, 3.63) is 101 Å². The monoisotopic (exact) mass is 480 g/mol. The van der Waals surface area contributed by atoms with Gasteiger partial charge in [-0.3, -0.25) is 14.5 Å². The van der Waals surface area contributed by atoms with E-state index in [1.54, 1.807) is 24.3 Å². The number of carbonyl (C=O) groups excluding carboxylic acids is 2. The number of ketones is 1. The fourth-order valence-electron chi connectivity index (χ4n) is 4.53. The number of amides is 1. The van der Waals surface area contributed by atoms with Gasteiger partial charge >= 0.3 is 0 Å². The van der Waals surface area contributed by atoms with E-state index >= 15 is 0 Å². The highest BCUT2D eigenvalue weighted by Gasteiger charge is 2.27. The maximum Gasteiger partial charge on any atom is 0.241 e. The molecule has 0 atom stereocenters. The van der Waals surface area contributed by atoms with Gasteiger partial charge in [0, 0.05) is 22.6 Å².